The van der Waals surface area contributed by atoms with Crippen molar-refractivity contribution in [3.05, 3.63) is 42.7 Å². The van der Waals surface area contributed by atoms with Crippen LogP contribution in [0.4, 0.5) is 4.39 Å². The lowest BCUT2D eigenvalue weighted by molar-refractivity contribution is 0.0899. The van der Waals surface area contributed by atoms with Crippen LogP contribution in [0.25, 0.3) is 22.4 Å². The molecule has 0 aliphatic rings. The van der Waals surface area contributed by atoms with Gasteiger partial charge in [-0.15, -0.1) is 0 Å². The molecule has 0 bridgehead atoms. The predicted octanol–water partition coefficient (Wildman–Crippen LogP) is 3.94. The number of aromatic nitrogens is 4. The molecule has 0 fully saturated rings. The monoisotopic (exact) mass is 344 g/mol. The molecule has 7 heteroatoms. The van der Waals surface area contributed by atoms with Crippen LogP contribution in [0.5, 0.6) is 0 Å². The van der Waals surface area contributed by atoms with Gasteiger partial charge in [0.05, 0.1) is 17.5 Å². The van der Waals surface area contributed by atoms with Gasteiger partial charge < -0.3 is 9.30 Å². The zero-order valence-corrected chi connectivity index (χ0v) is 15.2. The van der Waals surface area contributed by atoms with Crippen molar-refractivity contribution < 1.29 is 9.13 Å². The number of hydrogen-bond acceptors (Lipinski definition) is 4. The molecule has 0 atom stereocenters. The molecular formula is C17H21FN4OSi. The summed E-state index contributed by atoms with van der Waals surface area (Å²) in [6, 6.07) is 6.32. The fraction of sp³-hybridized carbons (Fsp3) is 0.353. The number of fused-ring (bicyclic) bond motifs is 1. The molecule has 5 nitrogen and oxygen atoms in total. The van der Waals surface area contributed by atoms with E-state index in [1.165, 1.54) is 6.20 Å². The Bertz CT molecular complexity index is 844. The van der Waals surface area contributed by atoms with Crippen molar-refractivity contribution in [2.45, 2.75) is 32.4 Å². The molecule has 0 aliphatic carbocycles. The first-order chi connectivity index (χ1) is 11.4. The van der Waals surface area contributed by atoms with Crippen LogP contribution in [-0.2, 0) is 11.5 Å². The van der Waals surface area contributed by atoms with Crippen LogP contribution in [0, 0.1) is 5.95 Å². The fourth-order valence-electron chi connectivity index (χ4n) is 2.31. The zero-order valence-electron chi connectivity index (χ0n) is 14.2. The zero-order chi connectivity index (χ0) is 17.2. The van der Waals surface area contributed by atoms with E-state index in [0.29, 0.717) is 23.5 Å². The SMILES string of the molecule is C[Si](C)(C)CCOCn1ccc2nc(-c3cccnc3F)cnc21. The highest BCUT2D eigenvalue weighted by Crippen LogP contribution is 2.21. The lowest BCUT2D eigenvalue weighted by Gasteiger charge is -2.15. The van der Waals surface area contributed by atoms with Gasteiger partial charge in [-0.3, -0.25) is 0 Å². The minimum atomic E-state index is -1.09. The first-order valence-electron chi connectivity index (χ1n) is 7.94. The van der Waals surface area contributed by atoms with E-state index in [1.54, 1.807) is 18.3 Å². The highest BCUT2D eigenvalue weighted by Gasteiger charge is 2.13. The molecule has 3 heterocycles. The Morgan fingerprint density at radius 1 is 1.21 bits per heavy atom. The smallest absolute Gasteiger partial charge is 0.222 e. The average Bonchev–Trinajstić information content (AvgIpc) is 2.93. The minimum Gasteiger partial charge on any atom is -0.361 e. The summed E-state index contributed by atoms with van der Waals surface area (Å²) in [6.07, 6.45) is 4.88. The third kappa shape index (κ3) is 3.85. The van der Waals surface area contributed by atoms with E-state index in [0.717, 1.165) is 18.3 Å². The molecule has 24 heavy (non-hydrogen) atoms. The number of ether oxygens (including phenoxy) is 1. The first-order valence-corrected chi connectivity index (χ1v) is 11.7. The Kier molecular flexibility index (Phi) is 4.73. The molecule has 0 radical (unpaired) electrons. The molecule has 0 spiro atoms. The number of halogens is 1. The molecule has 0 aliphatic heterocycles. The van der Waals surface area contributed by atoms with Crippen molar-refractivity contribution >= 4 is 19.2 Å². The molecule has 0 saturated heterocycles. The quantitative estimate of drug-likeness (QED) is 0.386. The Balaban J connectivity index is 1.76. The van der Waals surface area contributed by atoms with Gasteiger partial charge in [-0.1, -0.05) is 19.6 Å². The molecule has 0 N–H and O–H groups in total. The summed E-state index contributed by atoms with van der Waals surface area (Å²) in [4.78, 5) is 12.6. The van der Waals surface area contributed by atoms with E-state index >= 15 is 0 Å². The number of pyridine rings is 1. The van der Waals surface area contributed by atoms with Crippen LogP contribution in [-0.4, -0.2) is 34.2 Å². The van der Waals surface area contributed by atoms with E-state index in [4.69, 9.17) is 4.74 Å². The van der Waals surface area contributed by atoms with E-state index in [-0.39, 0.29) is 0 Å². The third-order valence-corrected chi connectivity index (χ3v) is 5.43. The van der Waals surface area contributed by atoms with Crippen LogP contribution in [0.2, 0.25) is 25.7 Å². The minimum absolute atomic E-state index is 0.353. The maximum atomic E-state index is 13.8. The standard InChI is InChI=1S/C17H21FN4OSi/c1-24(2,3)10-9-23-12-22-8-6-14-17(22)20-11-15(21-14)13-5-4-7-19-16(13)18/h4-8,11H,9-10,12H2,1-3H3. The van der Waals surface area contributed by atoms with Crippen molar-refractivity contribution in [2.75, 3.05) is 6.61 Å². The summed E-state index contributed by atoms with van der Waals surface area (Å²) < 4.78 is 21.5. The van der Waals surface area contributed by atoms with Gasteiger partial charge in [0.2, 0.25) is 5.95 Å². The van der Waals surface area contributed by atoms with E-state index in [2.05, 4.69) is 34.6 Å². The first kappa shape index (κ1) is 16.7. The molecular weight excluding hydrogens is 323 g/mol. The van der Waals surface area contributed by atoms with Gasteiger partial charge in [0, 0.05) is 27.1 Å². The Morgan fingerprint density at radius 2 is 2.04 bits per heavy atom. The second-order valence-electron chi connectivity index (χ2n) is 6.94. The van der Waals surface area contributed by atoms with E-state index < -0.39 is 14.0 Å². The molecule has 0 aromatic carbocycles. The molecule has 0 amide bonds. The number of hydrogen-bond donors (Lipinski definition) is 0. The highest BCUT2D eigenvalue weighted by molar-refractivity contribution is 6.76. The molecule has 0 unspecified atom stereocenters. The Labute approximate surface area is 141 Å². The van der Waals surface area contributed by atoms with Gasteiger partial charge in [-0.05, 0) is 24.2 Å². The Hall–Kier alpha value is -2.12. The second kappa shape index (κ2) is 6.78. The number of rotatable bonds is 6. The summed E-state index contributed by atoms with van der Waals surface area (Å²) in [5.41, 5.74) is 2.28. The second-order valence-corrected chi connectivity index (χ2v) is 12.6. The van der Waals surface area contributed by atoms with E-state index in [9.17, 15) is 4.39 Å². The molecule has 3 aromatic rings. The molecule has 0 saturated carbocycles. The molecule has 3 aromatic heterocycles. The van der Waals surface area contributed by atoms with Crippen molar-refractivity contribution in [1.82, 2.24) is 19.5 Å². The lowest BCUT2D eigenvalue weighted by Crippen LogP contribution is -2.22. The van der Waals surface area contributed by atoms with Crippen LogP contribution < -0.4 is 0 Å². The summed E-state index contributed by atoms with van der Waals surface area (Å²) >= 11 is 0. The summed E-state index contributed by atoms with van der Waals surface area (Å²) in [5, 5.41) is 0. The topological polar surface area (TPSA) is 52.8 Å². The predicted molar refractivity (Wildman–Crippen MR) is 94.8 cm³/mol. The van der Waals surface area contributed by atoms with Crippen molar-refractivity contribution in [3.63, 3.8) is 0 Å². The van der Waals surface area contributed by atoms with Crippen molar-refractivity contribution in [2.24, 2.45) is 0 Å². The van der Waals surface area contributed by atoms with Gasteiger partial charge in [-0.25, -0.2) is 15.0 Å². The van der Waals surface area contributed by atoms with Crippen LogP contribution in [0.1, 0.15) is 0 Å². The molecule has 126 valence electrons. The van der Waals surface area contributed by atoms with Crippen LogP contribution >= 0.6 is 0 Å². The van der Waals surface area contributed by atoms with Crippen molar-refractivity contribution in [1.29, 1.82) is 0 Å². The largest absolute Gasteiger partial charge is 0.361 e. The molecule has 3 rings (SSSR count). The van der Waals surface area contributed by atoms with Crippen LogP contribution in [0.3, 0.4) is 0 Å². The Morgan fingerprint density at radius 3 is 2.79 bits per heavy atom. The summed E-state index contributed by atoms with van der Waals surface area (Å²) in [7, 11) is -1.09. The third-order valence-electron chi connectivity index (χ3n) is 3.73. The van der Waals surface area contributed by atoms with Gasteiger partial charge in [0.25, 0.3) is 0 Å². The normalized spacial score (nSPS) is 12.0. The summed E-state index contributed by atoms with van der Waals surface area (Å²) in [6.45, 7) is 8.18. The maximum Gasteiger partial charge on any atom is 0.222 e. The highest BCUT2D eigenvalue weighted by atomic mass is 28.3. The van der Waals surface area contributed by atoms with Crippen molar-refractivity contribution in [3.8, 4) is 11.3 Å². The average molecular weight is 344 g/mol. The van der Waals surface area contributed by atoms with E-state index in [1.807, 2.05) is 16.8 Å². The van der Waals surface area contributed by atoms with Gasteiger partial charge in [0.1, 0.15) is 12.2 Å². The fourth-order valence-corrected chi connectivity index (χ4v) is 3.07. The van der Waals surface area contributed by atoms with Gasteiger partial charge in [0.15, 0.2) is 5.65 Å². The van der Waals surface area contributed by atoms with Gasteiger partial charge >= 0.3 is 0 Å². The van der Waals surface area contributed by atoms with Gasteiger partial charge in [-0.2, -0.15) is 4.39 Å². The number of nitrogens with zero attached hydrogens (tertiary/aromatic N) is 4. The van der Waals surface area contributed by atoms with Crippen LogP contribution in [0.15, 0.2) is 36.8 Å². The maximum absolute atomic E-state index is 13.8. The summed E-state index contributed by atoms with van der Waals surface area (Å²) in [5.74, 6) is -0.541. The lowest BCUT2D eigenvalue weighted by atomic mass is 10.2.